The van der Waals surface area contributed by atoms with Crippen molar-refractivity contribution in [1.29, 1.82) is 0 Å². The van der Waals surface area contributed by atoms with Crippen LogP contribution in [0.1, 0.15) is 26.7 Å². The molecule has 0 aromatic rings. The first-order valence-electron chi connectivity index (χ1n) is 3.96. The maximum Gasteiger partial charge on any atom is 0.218 e. The molecule has 0 spiro atoms. The minimum Gasteiger partial charge on any atom is -0.370 e. The van der Waals surface area contributed by atoms with E-state index in [1.165, 1.54) is 0 Å². The third-order valence-corrected chi connectivity index (χ3v) is 3.04. The Morgan fingerprint density at radius 2 is 2.08 bits per heavy atom. The number of carbonyl (C=O) groups is 1. The number of primary amides is 1. The fourth-order valence-electron chi connectivity index (χ4n) is 1.05. The van der Waals surface area contributed by atoms with Crippen molar-refractivity contribution in [3.05, 3.63) is 0 Å². The number of amides is 1. The molecular weight excluding hydrogens is 172 g/mol. The van der Waals surface area contributed by atoms with Crippen LogP contribution in [-0.4, -0.2) is 23.0 Å². The van der Waals surface area contributed by atoms with Gasteiger partial charge in [0, 0.05) is 17.2 Å². The van der Waals surface area contributed by atoms with Crippen LogP contribution in [0.25, 0.3) is 0 Å². The van der Waals surface area contributed by atoms with E-state index < -0.39 is 0 Å². The number of rotatable bonds is 5. The number of hydrogen-bond acceptors (Lipinski definition) is 3. The van der Waals surface area contributed by atoms with E-state index in [1.54, 1.807) is 11.8 Å². The molecule has 3 nitrogen and oxygen atoms in total. The lowest BCUT2D eigenvalue weighted by molar-refractivity contribution is -0.118. The van der Waals surface area contributed by atoms with Crippen LogP contribution >= 0.6 is 11.8 Å². The van der Waals surface area contributed by atoms with Gasteiger partial charge in [0.1, 0.15) is 0 Å². The van der Waals surface area contributed by atoms with Crippen molar-refractivity contribution >= 4 is 17.7 Å². The summed E-state index contributed by atoms with van der Waals surface area (Å²) in [5, 5.41) is 0. The number of hydrogen-bond donors (Lipinski definition) is 2. The van der Waals surface area contributed by atoms with E-state index >= 15 is 0 Å². The summed E-state index contributed by atoms with van der Waals surface area (Å²) in [6, 6.07) is -0.107. The summed E-state index contributed by atoms with van der Waals surface area (Å²) in [7, 11) is 0. The quantitative estimate of drug-likeness (QED) is 0.671. The first-order valence-corrected chi connectivity index (χ1v) is 5.19. The zero-order chi connectivity index (χ0) is 9.78. The van der Waals surface area contributed by atoms with Gasteiger partial charge in [-0.15, -0.1) is 0 Å². The van der Waals surface area contributed by atoms with Crippen LogP contribution in [0.4, 0.5) is 0 Å². The van der Waals surface area contributed by atoms with Gasteiger partial charge >= 0.3 is 0 Å². The van der Waals surface area contributed by atoms with Gasteiger partial charge in [0.05, 0.1) is 0 Å². The monoisotopic (exact) mass is 190 g/mol. The molecule has 0 bridgehead atoms. The molecule has 4 heteroatoms. The largest absolute Gasteiger partial charge is 0.370 e. The average molecular weight is 190 g/mol. The Balaban J connectivity index is 3.83. The zero-order valence-corrected chi connectivity index (χ0v) is 8.78. The van der Waals surface area contributed by atoms with Crippen molar-refractivity contribution in [3.63, 3.8) is 0 Å². The van der Waals surface area contributed by atoms with Gasteiger partial charge in [-0.1, -0.05) is 13.8 Å². The lowest BCUT2D eigenvalue weighted by Crippen LogP contribution is -2.33. The molecule has 0 aliphatic heterocycles. The van der Waals surface area contributed by atoms with Crippen LogP contribution < -0.4 is 11.5 Å². The minimum absolute atomic E-state index is 0.107. The molecule has 12 heavy (non-hydrogen) atoms. The smallest absolute Gasteiger partial charge is 0.218 e. The van der Waals surface area contributed by atoms with E-state index in [9.17, 15) is 4.79 Å². The fourth-order valence-corrected chi connectivity index (χ4v) is 1.43. The van der Waals surface area contributed by atoms with Gasteiger partial charge in [0.15, 0.2) is 0 Å². The Labute approximate surface area is 78.3 Å². The summed E-state index contributed by atoms with van der Waals surface area (Å²) < 4.78 is 0.134. The third kappa shape index (κ3) is 5.43. The Hall–Kier alpha value is -0.220. The molecule has 0 aliphatic rings. The Kier molecular flexibility index (Phi) is 4.63. The van der Waals surface area contributed by atoms with Crippen molar-refractivity contribution in [2.75, 3.05) is 6.26 Å². The Morgan fingerprint density at radius 3 is 2.42 bits per heavy atom. The second-order valence-corrected chi connectivity index (χ2v) is 5.11. The molecule has 0 heterocycles. The summed E-state index contributed by atoms with van der Waals surface area (Å²) in [4.78, 5) is 10.5. The lowest BCUT2D eigenvalue weighted by Gasteiger charge is -2.25. The molecule has 0 saturated heterocycles. The van der Waals surface area contributed by atoms with Gasteiger partial charge in [0.2, 0.25) is 5.91 Å². The maximum absolute atomic E-state index is 10.5. The van der Waals surface area contributed by atoms with Crippen LogP contribution in [0, 0.1) is 0 Å². The molecule has 0 rings (SSSR count). The average Bonchev–Trinajstić information content (AvgIpc) is 1.84. The second-order valence-electron chi connectivity index (χ2n) is 3.60. The highest BCUT2D eigenvalue weighted by Gasteiger charge is 2.20. The second kappa shape index (κ2) is 4.72. The van der Waals surface area contributed by atoms with Crippen LogP contribution in [0.15, 0.2) is 0 Å². The van der Waals surface area contributed by atoms with E-state index in [4.69, 9.17) is 11.5 Å². The lowest BCUT2D eigenvalue weighted by atomic mass is 10.0. The van der Waals surface area contributed by atoms with E-state index in [2.05, 4.69) is 13.8 Å². The molecule has 4 N–H and O–H groups in total. The van der Waals surface area contributed by atoms with E-state index in [-0.39, 0.29) is 23.1 Å². The third-order valence-electron chi connectivity index (χ3n) is 1.77. The van der Waals surface area contributed by atoms with Gasteiger partial charge < -0.3 is 11.5 Å². The van der Waals surface area contributed by atoms with Gasteiger partial charge in [-0.3, -0.25) is 4.79 Å². The topological polar surface area (TPSA) is 69.1 Å². The molecule has 72 valence electrons. The van der Waals surface area contributed by atoms with Gasteiger partial charge in [-0.25, -0.2) is 0 Å². The van der Waals surface area contributed by atoms with Gasteiger partial charge in [-0.05, 0) is 12.7 Å². The van der Waals surface area contributed by atoms with E-state index in [0.717, 1.165) is 6.42 Å². The predicted molar refractivity (Wildman–Crippen MR) is 54.0 cm³/mol. The van der Waals surface area contributed by atoms with Crippen molar-refractivity contribution < 1.29 is 4.79 Å². The standard InChI is InChI=1S/C8H18N2OS/c1-8(2,12-3)5-6(9)4-7(10)11/h6H,4-5,9H2,1-3H3,(H2,10,11). The van der Waals surface area contributed by atoms with Crippen molar-refractivity contribution in [2.45, 2.75) is 37.5 Å². The fraction of sp³-hybridized carbons (Fsp3) is 0.875. The highest BCUT2D eigenvalue weighted by Crippen LogP contribution is 2.26. The highest BCUT2D eigenvalue weighted by molar-refractivity contribution is 7.99. The molecule has 1 amide bonds. The van der Waals surface area contributed by atoms with Crippen LogP contribution in [0.2, 0.25) is 0 Å². The molecule has 1 unspecified atom stereocenters. The highest BCUT2D eigenvalue weighted by atomic mass is 32.2. The van der Waals surface area contributed by atoms with Crippen LogP contribution in [0.3, 0.4) is 0 Å². The molecule has 0 aromatic heterocycles. The van der Waals surface area contributed by atoms with Crippen LogP contribution in [-0.2, 0) is 4.79 Å². The normalized spacial score (nSPS) is 14.3. The summed E-state index contributed by atoms with van der Waals surface area (Å²) in [6.07, 6.45) is 3.14. The number of thioether (sulfide) groups is 1. The Bertz CT molecular complexity index is 159. The van der Waals surface area contributed by atoms with E-state index in [1.807, 2.05) is 6.26 Å². The van der Waals surface area contributed by atoms with Gasteiger partial charge in [-0.2, -0.15) is 11.8 Å². The summed E-state index contributed by atoms with van der Waals surface area (Å²) >= 11 is 1.75. The number of nitrogens with two attached hydrogens (primary N) is 2. The van der Waals surface area contributed by atoms with Crippen molar-refractivity contribution in [1.82, 2.24) is 0 Å². The predicted octanol–water partition coefficient (Wildman–Crippen LogP) is 0.721. The molecule has 0 saturated carbocycles. The molecule has 0 fully saturated rings. The SMILES string of the molecule is CSC(C)(C)CC(N)CC(N)=O. The molecule has 0 aliphatic carbocycles. The molecule has 0 aromatic carbocycles. The van der Waals surface area contributed by atoms with Gasteiger partial charge in [0.25, 0.3) is 0 Å². The van der Waals surface area contributed by atoms with E-state index in [0.29, 0.717) is 0 Å². The first-order chi connectivity index (χ1) is 5.37. The zero-order valence-electron chi connectivity index (χ0n) is 7.96. The molecule has 1 atom stereocenters. The summed E-state index contributed by atoms with van der Waals surface area (Å²) in [5.74, 6) is -0.320. The molecular formula is C8H18N2OS. The molecule has 0 radical (unpaired) electrons. The summed E-state index contributed by atoms with van der Waals surface area (Å²) in [5.41, 5.74) is 10.8. The first kappa shape index (κ1) is 11.8. The van der Waals surface area contributed by atoms with Crippen molar-refractivity contribution in [3.8, 4) is 0 Å². The Morgan fingerprint density at radius 1 is 1.58 bits per heavy atom. The number of carbonyl (C=O) groups excluding carboxylic acids is 1. The maximum atomic E-state index is 10.5. The van der Waals surface area contributed by atoms with Crippen molar-refractivity contribution in [2.24, 2.45) is 11.5 Å². The van der Waals surface area contributed by atoms with Crippen LogP contribution in [0.5, 0.6) is 0 Å². The summed E-state index contributed by atoms with van der Waals surface area (Å²) in [6.45, 7) is 4.22. The minimum atomic E-state index is -0.320.